The number of nitrogens with zero attached hydrogens (tertiary/aromatic N) is 2. The zero-order chi connectivity index (χ0) is 15.4. The minimum Gasteiger partial charge on any atom is -0.481 e. The lowest BCUT2D eigenvalue weighted by atomic mass is 10.3. The van der Waals surface area contributed by atoms with E-state index in [0.717, 1.165) is 12.8 Å². The number of thiophene rings is 1. The molecule has 2 amide bonds. The van der Waals surface area contributed by atoms with Crippen molar-refractivity contribution in [1.29, 1.82) is 0 Å². The predicted octanol–water partition coefficient (Wildman–Crippen LogP) is 1.29. The molecule has 1 aliphatic rings. The highest BCUT2D eigenvalue weighted by Gasteiger charge is 2.33. The van der Waals surface area contributed by atoms with Crippen molar-refractivity contribution in [2.45, 2.75) is 25.3 Å². The first kappa shape index (κ1) is 15.5. The molecule has 0 unspecified atom stereocenters. The number of hydrogen-bond donors (Lipinski definition) is 1. The van der Waals surface area contributed by atoms with Gasteiger partial charge in [-0.25, -0.2) is 0 Å². The van der Waals surface area contributed by atoms with Gasteiger partial charge in [0.2, 0.25) is 5.91 Å². The first-order valence-electron chi connectivity index (χ1n) is 6.79. The van der Waals surface area contributed by atoms with E-state index < -0.39 is 5.97 Å². The van der Waals surface area contributed by atoms with Crippen LogP contribution < -0.4 is 0 Å². The van der Waals surface area contributed by atoms with Gasteiger partial charge in [-0.3, -0.25) is 14.4 Å². The van der Waals surface area contributed by atoms with Crippen LogP contribution in [-0.4, -0.2) is 58.9 Å². The lowest BCUT2D eigenvalue weighted by Gasteiger charge is -2.25. The van der Waals surface area contributed by atoms with Gasteiger partial charge in [0, 0.05) is 19.6 Å². The van der Waals surface area contributed by atoms with E-state index in [0.29, 0.717) is 4.88 Å². The average Bonchev–Trinajstić information content (AvgIpc) is 3.11. The second-order valence-corrected chi connectivity index (χ2v) is 6.05. The van der Waals surface area contributed by atoms with Gasteiger partial charge >= 0.3 is 5.97 Å². The Morgan fingerprint density at radius 3 is 2.62 bits per heavy atom. The van der Waals surface area contributed by atoms with Gasteiger partial charge in [0.1, 0.15) is 0 Å². The molecule has 21 heavy (non-hydrogen) atoms. The van der Waals surface area contributed by atoms with E-state index in [1.165, 1.54) is 16.2 Å². The molecule has 0 bridgehead atoms. The van der Waals surface area contributed by atoms with Crippen molar-refractivity contribution >= 4 is 29.1 Å². The zero-order valence-electron chi connectivity index (χ0n) is 11.8. The molecule has 1 aliphatic carbocycles. The fourth-order valence-electron chi connectivity index (χ4n) is 2.07. The molecule has 0 radical (unpaired) electrons. The van der Waals surface area contributed by atoms with E-state index in [2.05, 4.69) is 0 Å². The SMILES string of the molecule is CN(CC(=O)N(CCC(=O)O)C1CC1)C(=O)c1cccs1. The summed E-state index contributed by atoms with van der Waals surface area (Å²) in [5.74, 6) is -1.30. The van der Waals surface area contributed by atoms with Crippen LogP contribution in [0.25, 0.3) is 0 Å². The van der Waals surface area contributed by atoms with Gasteiger partial charge < -0.3 is 14.9 Å². The fraction of sp³-hybridized carbons (Fsp3) is 0.500. The third-order valence-corrected chi connectivity index (χ3v) is 4.18. The lowest BCUT2D eigenvalue weighted by Crippen LogP contribution is -2.43. The number of likely N-dealkylation sites (N-methyl/N-ethyl adjacent to an activating group) is 1. The summed E-state index contributed by atoms with van der Waals surface area (Å²) in [5, 5.41) is 10.6. The molecule has 1 aromatic rings. The van der Waals surface area contributed by atoms with E-state index in [4.69, 9.17) is 5.11 Å². The maximum atomic E-state index is 12.3. The molecule has 0 aromatic carbocycles. The van der Waals surface area contributed by atoms with Gasteiger partial charge in [-0.05, 0) is 24.3 Å². The van der Waals surface area contributed by atoms with Crippen LogP contribution in [0.5, 0.6) is 0 Å². The van der Waals surface area contributed by atoms with Crippen LogP contribution in [0.15, 0.2) is 17.5 Å². The Labute approximate surface area is 127 Å². The quantitative estimate of drug-likeness (QED) is 0.823. The van der Waals surface area contributed by atoms with Crippen LogP contribution in [0, 0.1) is 0 Å². The normalized spacial score (nSPS) is 13.8. The Bertz CT molecular complexity index is 525. The lowest BCUT2D eigenvalue weighted by molar-refractivity contribution is -0.138. The molecule has 0 spiro atoms. The van der Waals surface area contributed by atoms with Crippen LogP contribution in [-0.2, 0) is 9.59 Å². The van der Waals surface area contributed by atoms with Crippen molar-refractivity contribution in [3.8, 4) is 0 Å². The number of amides is 2. The molecular formula is C14H18N2O4S. The Kier molecular flexibility index (Phi) is 4.95. The highest BCUT2D eigenvalue weighted by molar-refractivity contribution is 7.12. The van der Waals surface area contributed by atoms with Crippen molar-refractivity contribution in [3.63, 3.8) is 0 Å². The van der Waals surface area contributed by atoms with Crippen LogP contribution in [0.2, 0.25) is 0 Å². The number of rotatable bonds is 7. The highest BCUT2D eigenvalue weighted by atomic mass is 32.1. The highest BCUT2D eigenvalue weighted by Crippen LogP contribution is 2.27. The second kappa shape index (κ2) is 6.71. The van der Waals surface area contributed by atoms with Crippen molar-refractivity contribution in [2.24, 2.45) is 0 Å². The van der Waals surface area contributed by atoms with Crippen molar-refractivity contribution < 1.29 is 19.5 Å². The maximum absolute atomic E-state index is 12.3. The number of carbonyl (C=O) groups is 3. The average molecular weight is 310 g/mol. The third kappa shape index (κ3) is 4.29. The van der Waals surface area contributed by atoms with Crippen LogP contribution in [0.1, 0.15) is 28.9 Å². The van der Waals surface area contributed by atoms with E-state index in [1.807, 2.05) is 5.38 Å². The van der Waals surface area contributed by atoms with Gasteiger partial charge in [0.15, 0.2) is 0 Å². The smallest absolute Gasteiger partial charge is 0.305 e. The first-order valence-corrected chi connectivity index (χ1v) is 7.67. The Morgan fingerprint density at radius 2 is 2.10 bits per heavy atom. The number of aliphatic carboxylic acids is 1. The topological polar surface area (TPSA) is 77.9 Å². The molecule has 7 heteroatoms. The fourth-order valence-corrected chi connectivity index (χ4v) is 2.78. The number of hydrogen-bond acceptors (Lipinski definition) is 4. The standard InChI is InChI=1S/C14H18N2O4S/c1-15(14(20)11-3-2-8-21-11)9-12(17)16(10-4-5-10)7-6-13(18)19/h2-3,8,10H,4-7,9H2,1H3,(H,18,19). The summed E-state index contributed by atoms with van der Waals surface area (Å²) in [6.45, 7) is 0.187. The summed E-state index contributed by atoms with van der Waals surface area (Å²) >= 11 is 1.33. The molecule has 2 rings (SSSR count). The zero-order valence-corrected chi connectivity index (χ0v) is 12.6. The van der Waals surface area contributed by atoms with Gasteiger partial charge in [0.05, 0.1) is 17.8 Å². The van der Waals surface area contributed by atoms with E-state index in [-0.39, 0.29) is 37.4 Å². The van der Waals surface area contributed by atoms with Gasteiger partial charge in [-0.15, -0.1) is 11.3 Å². The summed E-state index contributed by atoms with van der Waals surface area (Å²) in [6.07, 6.45) is 1.76. The minimum absolute atomic E-state index is 0.0210. The molecule has 0 saturated heterocycles. The van der Waals surface area contributed by atoms with Crippen LogP contribution in [0.4, 0.5) is 0 Å². The molecule has 1 saturated carbocycles. The molecule has 1 heterocycles. The van der Waals surface area contributed by atoms with Crippen LogP contribution >= 0.6 is 11.3 Å². The molecule has 114 valence electrons. The first-order chi connectivity index (χ1) is 9.99. The Balaban J connectivity index is 1.91. The number of carbonyl (C=O) groups excluding carboxylic acids is 2. The van der Waals surface area contributed by atoms with E-state index >= 15 is 0 Å². The van der Waals surface area contributed by atoms with Crippen molar-refractivity contribution in [3.05, 3.63) is 22.4 Å². The second-order valence-electron chi connectivity index (χ2n) is 5.10. The van der Waals surface area contributed by atoms with Gasteiger partial charge in [-0.2, -0.15) is 0 Å². The summed E-state index contributed by atoms with van der Waals surface area (Å²) in [4.78, 5) is 38.6. The summed E-state index contributed by atoms with van der Waals surface area (Å²) < 4.78 is 0. The third-order valence-electron chi connectivity index (χ3n) is 3.33. The monoisotopic (exact) mass is 310 g/mol. The summed E-state index contributed by atoms with van der Waals surface area (Å²) in [5.41, 5.74) is 0. The number of carboxylic acids is 1. The largest absolute Gasteiger partial charge is 0.481 e. The van der Waals surface area contributed by atoms with Crippen LogP contribution in [0.3, 0.4) is 0 Å². The summed E-state index contributed by atoms with van der Waals surface area (Å²) in [6, 6.07) is 3.65. The van der Waals surface area contributed by atoms with E-state index in [1.54, 1.807) is 24.1 Å². The molecule has 0 atom stereocenters. The Hall–Kier alpha value is -1.89. The van der Waals surface area contributed by atoms with Crippen molar-refractivity contribution in [1.82, 2.24) is 9.80 Å². The molecule has 6 nitrogen and oxygen atoms in total. The minimum atomic E-state index is -0.920. The molecule has 0 aliphatic heterocycles. The molecule has 1 N–H and O–H groups in total. The molecule has 1 aromatic heterocycles. The molecular weight excluding hydrogens is 292 g/mol. The molecule has 1 fully saturated rings. The van der Waals surface area contributed by atoms with E-state index in [9.17, 15) is 14.4 Å². The Morgan fingerprint density at radius 1 is 1.38 bits per heavy atom. The van der Waals surface area contributed by atoms with Gasteiger partial charge in [0.25, 0.3) is 5.91 Å². The van der Waals surface area contributed by atoms with Gasteiger partial charge in [-0.1, -0.05) is 6.07 Å². The van der Waals surface area contributed by atoms with Crippen molar-refractivity contribution in [2.75, 3.05) is 20.1 Å². The maximum Gasteiger partial charge on any atom is 0.305 e. The number of carboxylic acid groups (broad SMARTS) is 1. The summed E-state index contributed by atoms with van der Waals surface area (Å²) in [7, 11) is 1.59. The predicted molar refractivity (Wildman–Crippen MR) is 78.3 cm³/mol.